The van der Waals surface area contributed by atoms with Gasteiger partial charge in [-0.2, -0.15) is 5.10 Å². The highest BCUT2D eigenvalue weighted by molar-refractivity contribution is 6.34. The van der Waals surface area contributed by atoms with Crippen molar-refractivity contribution in [1.82, 2.24) is 19.7 Å². The first-order valence-corrected chi connectivity index (χ1v) is 5.45. The van der Waals surface area contributed by atoms with Gasteiger partial charge < -0.3 is 0 Å². The molecule has 2 rings (SSSR count). The van der Waals surface area contributed by atoms with Gasteiger partial charge in [0, 0.05) is 18.8 Å². The monoisotopic (exact) mass is 256 g/mol. The molecule has 0 saturated heterocycles. The predicted octanol–water partition coefficient (Wildman–Crippen LogP) is 2.80. The van der Waals surface area contributed by atoms with E-state index in [1.165, 1.54) is 0 Å². The van der Waals surface area contributed by atoms with Crippen molar-refractivity contribution in [3.63, 3.8) is 0 Å². The van der Waals surface area contributed by atoms with Gasteiger partial charge in [-0.1, -0.05) is 23.2 Å². The Morgan fingerprint density at radius 2 is 1.69 bits per heavy atom. The summed E-state index contributed by atoms with van der Waals surface area (Å²) in [6.45, 7) is 3.67. The Morgan fingerprint density at radius 3 is 2.12 bits per heavy atom. The Balaban J connectivity index is 2.61. The number of rotatable bonds is 1. The van der Waals surface area contributed by atoms with E-state index in [1.54, 1.807) is 11.6 Å². The summed E-state index contributed by atoms with van der Waals surface area (Å²) in [5.74, 6) is 0.506. The van der Waals surface area contributed by atoms with E-state index >= 15 is 0 Å². The lowest BCUT2D eigenvalue weighted by Gasteiger charge is -2.03. The molecule has 84 valence electrons. The molecule has 2 heterocycles. The second-order valence-corrected chi connectivity index (χ2v) is 4.27. The fourth-order valence-corrected chi connectivity index (χ4v) is 1.79. The molecule has 6 heteroatoms. The molecule has 0 bridgehead atoms. The molecule has 16 heavy (non-hydrogen) atoms. The maximum atomic E-state index is 5.97. The van der Waals surface area contributed by atoms with Crippen LogP contribution >= 0.6 is 23.2 Å². The van der Waals surface area contributed by atoms with Crippen LogP contribution in [0.15, 0.2) is 6.20 Å². The fourth-order valence-electron chi connectivity index (χ4n) is 1.40. The van der Waals surface area contributed by atoms with E-state index < -0.39 is 0 Å². The van der Waals surface area contributed by atoms with Crippen LogP contribution < -0.4 is 0 Å². The summed E-state index contributed by atoms with van der Waals surface area (Å²) in [5, 5.41) is 4.97. The number of aryl methyl sites for hydroxylation is 2. The smallest absolute Gasteiger partial charge is 0.165 e. The van der Waals surface area contributed by atoms with Gasteiger partial charge in [0.2, 0.25) is 0 Å². The Labute approximate surface area is 103 Å². The molecule has 0 atom stereocenters. The number of nitrogens with zero attached hydrogens (tertiary/aromatic N) is 4. The summed E-state index contributed by atoms with van der Waals surface area (Å²) >= 11 is 11.9. The summed E-state index contributed by atoms with van der Waals surface area (Å²) in [4.78, 5) is 8.39. The lowest BCUT2D eigenvalue weighted by atomic mass is 10.2. The van der Waals surface area contributed by atoms with Crippen molar-refractivity contribution in [3.8, 4) is 11.4 Å². The van der Waals surface area contributed by atoms with Gasteiger partial charge in [0.1, 0.15) is 10.3 Å². The first kappa shape index (κ1) is 11.4. The standard InChI is InChI=1S/C10H10Cl2N4/c1-5-8(11)13-10(14-9(5)12)7-4-16(3)15-6(7)2/h4H,1-3H3. The highest BCUT2D eigenvalue weighted by Gasteiger charge is 2.13. The van der Waals surface area contributed by atoms with Gasteiger partial charge in [0.05, 0.1) is 11.3 Å². The van der Waals surface area contributed by atoms with Crippen molar-refractivity contribution in [2.45, 2.75) is 13.8 Å². The summed E-state index contributed by atoms with van der Waals surface area (Å²) in [7, 11) is 1.84. The van der Waals surface area contributed by atoms with Gasteiger partial charge in [-0.25, -0.2) is 9.97 Å². The fraction of sp³-hybridized carbons (Fsp3) is 0.300. The third-order valence-corrected chi connectivity index (χ3v) is 3.02. The van der Waals surface area contributed by atoms with Gasteiger partial charge in [0.25, 0.3) is 0 Å². The molecular weight excluding hydrogens is 247 g/mol. The van der Waals surface area contributed by atoms with E-state index in [0.29, 0.717) is 21.7 Å². The Bertz CT molecular complexity index is 525. The highest BCUT2D eigenvalue weighted by atomic mass is 35.5. The molecular formula is C10H10Cl2N4. The Morgan fingerprint density at radius 1 is 1.12 bits per heavy atom. The minimum absolute atomic E-state index is 0.373. The van der Waals surface area contributed by atoms with Gasteiger partial charge in [-0.05, 0) is 13.8 Å². The largest absolute Gasteiger partial charge is 0.275 e. The van der Waals surface area contributed by atoms with Crippen molar-refractivity contribution in [1.29, 1.82) is 0 Å². The molecule has 0 aromatic carbocycles. The maximum absolute atomic E-state index is 5.97. The zero-order chi connectivity index (χ0) is 11.9. The molecule has 0 spiro atoms. The van der Waals surface area contributed by atoms with Crippen LogP contribution in [-0.4, -0.2) is 19.7 Å². The van der Waals surface area contributed by atoms with Crippen molar-refractivity contribution >= 4 is 23.2 Å². The minimum atomic E-state index is 0.373. The molecule has 0 saturated carbocycles. The minimum Gasteiger partial charge on any atom is -0.275 e. The molecule has 0 unspecified atom stereocenters. The van der Waals surface area contributed by atoms with Crippen molar-refractivity contribution in [2.75, 3.05) is 0 Å². The quantitative estimate of drug-likeness (QED) is 0.738. The number of hydrogen-bond donors (Lipinski definition) is 0. The summed E-state index contributed by atoms with van der Waals surface area (Å²) in [6, 6.07) is 0. The zero-order valence-corrected chi connectivity index (χ0v) is 10.6. The van der Waals surface area contributed by atoms with E-state index in [-0.39, 0.29) is 0 Å². The summed E-state index contributed by atoms with van der Waals surface area (Å²) in [5.41, 5.74) is 2.37. The number of hydrogen-bond acceptors (Lipinski definition) is 3. The average molecular weight is 257 g/mol. The van der Waals surface area contributed by atoms with Crippen LogP contribution in [-0.2, 0) is 7.05 Å². The molecule has 0 aliphatic rings. The number of halogens is 2. The zero-order valence-electron chi connectivity index (χ0n) is 9.12. The number of aromatic nitrogens is 4. The average Bonchev–Trinajstić information content (AvgIpc) is 2.53. The molecule has 0 aliphatic carbocycles. The molecule has 0 N–H and O–H groups in total. The van der Waals surface area contributed by atoms with E-state index in [2.05, 4.69) is 15.1 Å². The van der Waals surface area contributed by atoms with Crippen LogP contribution in [0, 0.1) is 13.8 Å². The molecule has 2 aromatic rings. The predicted molar refractivity (Wildman–Crippen MR) is 63.7 cm³/mol. The van der Waals surface area contributed by atoms with Crippen LogP contribution in [0.3, 0.4) is 0 Å². The van der Waals surface area contributed by atoms with Gasteiger partial charge in [0.15, 0.2) is 5.82 Å². The van der Waals surface area contributed by atoms with Gasteiger partial charge in [-0.15, -0.1) is 0 Å². The normalized spacial score (nSPS) is 10.8. The van der Waals surface area contributed by atoms with E-state index in [0.717, 1.165) is 11.3 Å². The van der Waals surface area contributed by atoms with Crippen LogP contribution in [0.25, 0.3) is 11.4 Å². The molecule has 0 radical (unpaired) electrons. The van der Waals surface area contributed by atoms with Crippen molar-refractivity contribution in [3.05, 3.63) is 27.8 Å². The lowest BCUT2D eigenvalue weighted by Crippen LogP contribution is -1.94. The molecule has 0 aliphatic heterocycles. The third kappa shape index (κ3) is 1.90. The van der Waals surface area contributed by atoms with Crippen molar-refractivity contribution in [2.24, 2.45) is 7.05 Å². The molecule has 0 fully saturated rings. The second kappa shape index (κ2) is 4.03. The van der Waals surface area contributed by atoms with Gasteiger partial charge in [-0.3, -0.25) is 4.68 Å². The van der Waals surface area contributed by atoms with Crippen LogP contribution in [0.4, 0.5) is 0 Å². The summed E-state index contributed by atoms with van der Waals surface area (Å²) < 4.78 is 1.70. The Hall–Kier alpha value is -1.13. The topological polar surface area (TPSA) is 43.6 Å². The third-order valence-electron chi connectivity index (χ3n) is 2.28. The molecule has 2 aromatic heterocycles. The van der Waals surface area contributed by atoms with E-state index in [4.69, 9.17) is 23.2 Å². The second-order valence-electron chi connectivity index (χ2n) is 3.56. The lowest BCUT2D eigenvalue weighted by molar-refractivity contribution is 0.756. The first-order chi connectivity index (χ1) is 7.49. The van der Waals surface area contributed by atoms with E-state index in [9.17, 15) is 0 Å². The van der Waals surface area contributed by atoms with Crippen LogP contribution in [0.2, 0.25) is 10.3 Å². The first-order valence-electron chi connectivity index (χ1n) is 4.69. The Kier molecular flexibility index (Phi) is 2.86. The SMILES string of the molecule is Cc1nn(C)cc1-c1nc(Cl)c(C)c(Cl)n1. The van der Waals surface area contributed by atoms with Crippen molar-refractivity contribution < 1.29 is 0 Å². The van der Waals surface area contributed by atoms with Crippen LogP contribution in [0.1, 0.15) is 11.3 Å². The molecule has 0 amide bonds. The maximum Gasteiger partial charge on any atom is 0.165 e. The molecule has 4 nitrogen and oxygen atoms in total. The van der Waals surface area contributed by atoms with Crippen LogP contribution in [0.5, 0.6) is 0 Å². The van der Waals surface area contributed by atoms with Gasteiger partial charge >= 0.3 is 0 Å². The highest BCUT2D eigenvalue weighted by Crippen LogP contribution is 2.25. The summed E-state index contributed by atoms with van der Waals surface area (Å²) in [6.07, 6.45) is 1.84. The van der Waals surface area contributed by atoms with E-state index in [1.807, 2.05) is 20.2 Å².